The van der Waals surface area contributed by atoms with Gasteiger partial charge in [0.1, 0.15) is 5.88 Å². The van der Waals surface area contributed by atoms with Gasteiger partial charge in [0.2, 0.25) is 5.91 Å². The number of amides is 2. The zero-order valence-corrected chi connectivity index (χ0v) is 5.74. The number of carbonyl (C=O) groups excluding carboxylic acids is 2. The molecule has 0 atom stereocenters. The molecule has 0 spiro atoms. The number of hydrogen-bond donors (Lipinski definition) is 1. The molecule has 0 aliphatic rings. The minimum atomic E-state index is -1.21. The van der Waals surface area contributed by atoms with Gasteiger partial charge in [0.25, 0.3) is 5.91 Å². The molecule has 0 rings (SSSR count). The van der Waals surface area contributed by atoms with Crippen LogP contribution in [0.1, 0.15) is 0 Å². The second-order valence-corrected chi connectivity index (χ2v) is 1.68. The third-order valence-electron chi connectivity index (χ3n) is 0.621. The molecule has 0 heterocycles. The van der Waals surface area contributed by atoms with Gasteiger partial charge in [-0.1, -0.05) is 6.58 Å². The van der Waals surface area contributed by atoms with E-state index in [4.69, 9.17) is 11.6 Å². The van der Waals surface area contributed by atoms with Crippen molar-refractivity contribution in [1.29, 1.82) is 0 Å². The average molecular weight is 166 g/mol. The molecule has 0 fully saturated rings. The summed E-state index contributed by atoms with van der Waals surface area (Å²) in [6.07, 6.45) is 0. The second-order valence-electron chi connectivity index (χ2n) is 1.42. The van der Waals surface area contributed by atoms with Crippen molar-refractivity contribution >= 4 is 23.4 Å². The molecule has 56 valence electrons. The fourth-order valence-electron chi connectivity index (χ4n) is 0.228. The molecule has 0 aromatic rings. The summed E-state index contributed by atoms with van der Waals surface area (Å²) >= 11 is 4.98. The van der Waals surface area contributed by atoms with Crippen LogP contribution in [0.3, 0.4) is 0 Å². The molecule has 0 saturated carbocycles. The average Bonchev–Trinajstić information content (AvgIpc) is 1.87. The summed E-state index contributed by atoms with van der Waals surface area (Å²) < 4.78 is 11.8. The van der Waals surface area contributed by atoms with E-state index in [0.717, 1.165) is 0 Å². The summed E-state index contributed by atoms with van der Waals surface area (Å²) in [4.78, 5) is 20.5. The summed E-state index contributed by atoms with van der Waals surface area (Å²) in [5.74, 6) is -3.48. The van der Waals surface area contributed by atoms with Gasteiger partial charge in [0.15, 0.2) is 5.83 Å². The predicted molar refractivity (Wildman–Crippen MR) is 34.1 cm³/mol. The first kappa shape index (κ1) is 9.10. The van der Waals surface area contributed by atoms with Crippen molar-refractivity contribution in [2.45, 2.75) is 0 Å². The van der Waals surface area contributed by atoms with E-state index in [1.165, 1.54) is 0 Å². The van der Waals surface area contributed by atoms with Crippen LogP contribution in [0.15, 0.2) is 12.4 Å². The van der Waals surface area contributed by atoms with Crippen LogP contribution in [0.25, 0.3) is 0 Å². The van der Waals surface area contributed by atoms with Crippen LogP contribution in [0.4, 0.5) is 4.39 Å². The highest BCUT2D eigenvalue weighted by atomic mass is 35.5. The first-order chi connectivity index (χ1) is 4.57. The van der Waals surface area contributed by atoms with Crippen molar-refractivity contribution in [2.24, 2.45) is 0 Å². The molecule has 0 aromatic carbocycles. The molecular weight excluding hydrogens is 161 g/mol. The third-order valence-corrected chi connectivity index (χ3v) is 0.863. The quantitative estimate of drug-likeness (QED) is 0.474. The third kappa shape index (κ3) is 3.19. The van der Waals surface area contributed by atoms with Gasteiger partial charge in [-0.15, -0.1) is 11.6 Å². The standard InChI is InChI=1S/C5H5ClFNO2/c1-3(7)5(10)8-4(9)2-6/h1-2H2,(H,8,9,10). The van der Waals surface area contributed by atoms with Gasteiger partial charge >= 0.3 is 0 Å². The van der Waals surface area contributed by atoms with Crippen LogP contribution in [-0.4, -0.2) is 17.7 Å². The molecule has 0 aliphatic heterocycles. The largest absolute Gasteiger partial charge is 0.289 e. The van der Waals surface area contributed by atoms with E-state index in [-0.39, 0.29) is 5.88 Å². The Kier molecular flexibility index (Phi) is 3.64. The monoisotopic (exact) mass is 165 g/mol. The first-order valence-corrected chi connectivity index (χ1v) is 2.86. The number of rotatable bonds is 2. The highest BCUT2D eigenvalue weighted by molar-refractivity contribution is 6.28. The zero-order chi connectivity index (χ0) is 8.15. The maximum Gasteiger partial charge on any atom is 0.285 e. The van der Waals surface area contributed by atoms with Crippen molar-refractivity contribution in [3.63, 3.8) is 0 Å². The fourth-order valence-corrected chi connectivity index (χ4v) is 0.295. The van der Waals surface area contributed by atoms with Gasteiger partial charge in [-0.05, 0) is 0 Å². The Hall–Kier alpha value is -0.900. The Balaban J connectivity index is 3.80. The second kappa shape index (κ2) is 4.00. The number of hydrogen-bond acceptors (Lipinski definition) is 2. The van der Waals surface area contributed by atoms with E-state index in [0.29, 0.717) is 0 Å². The van der Waals surface area contributed by atoms with Crippen LogP contribution in [-0.2, 0) is 9.59 Å². The topological polar surface area (TPSA) is 46.2 Å². The summed E-state index contributed by atoms with van der Waals surface area (Å²) in [5, 5.41) is 1.64. The Morgan fingerprint density at radius 3 is 2.40 bits per heavy atom. The molecule has 3 nitrogen and oxygen atoms in total. The first-order valence-electron chi connectivity index (χ1n) is 2.32. The van der Waals surface area contributed by atoms with Crippen molar-refractivity contribution in [1.82, 2.24) is 5.32 Å². The van der Waals surface area contributed by atoms with Gasteiger partial charge < -0.3 is 0 Å². The van der Waals surface area contributed by atoms with Crippen LogP contribution < -0.4 is 5.32 Å². The van der Waals surface area contributed by atoms with E-state index in [1.807, 2.05) is 0 Å². The van der Waals surface area contributed by atoms with Crippen LogP contribution in [0.5, 0.6) is 0 Å². The number of carbonyl (C=O) groups is 2. The Labute approximate surface area is 61.9 Å². The summed E-state index contributed by atoms with van der Waals surface area (Å²) in [6.45, 7) is 2.67. The normalized spacial score (nSPS) is 8.60. The highest BCUT2D eigenvalue weighted by Gasteiger charge is 2.08. The fraction of sp³-hybridized carbons (Fsp3) is 0.200. The van der Waals surface area contributed by atoms with Gasteiger partial charge in [-0.2, -0.15) is 0 Å². The molecule has 0 saturated heterocycles. The van der Waals surface area contributed by atoms with Crippen molar-refractivity contribution in [2.75, 3.05) is 5.88 Å². The SMILES string of the molecule is C=C(F)C(=O)NC(=O)CCl. The van der Waals surface area contributed by atoms with Crippen LogP contribution in [0.2, 0.25) is 0 Å². The maximum atomic E-state index is 11.8. The van der Waals surface area contributed by atoms with Crippen molar-refractivity contribution in [3.05, 3.63) is 12.4 Å². The van der Waals surface area contributed by atoms with Crippen LogP contribution >= 0.6 is 11.6 Å². The molecular formula is C5H5ClFNO2. The van der Waals surface area contributed by atoms with Gasteiger partial charge in [0, 0.05) is 0 Å². The summed E-state index contributed by atoms with van der Waals surface area (Å²) in [5.41, 5.74) is 0. The Bertz CT molecular complexity index is 180. The van der Waals surface area contributed by atoms with E-state index in [1.54, 1.807) is 5.32 Å². The lowest BCUT2D eigenvalue weighted by atomic mass is 10.5. The number of halogens is 2. The molecule has 0 radical (unpaired) electrons. The molecule has 0 aromatic heterocycles. The summed E-state index contributed by atoms with van der Waals surface area (Å²) in [6, 6.07) is 0. The number of alkyl halides is 1. The minimum absolute atomic E-state index is 0.376. The van der Waals surface area contributed by atoms with Crippen LogP contribution in [0, 0.1) is 0 Å². The van der Waals surface area contributed by atoms with E-state index in [9.17, 15) is 14.0 Å². The minimum Gasteiger partial charge on any atom is -0.289 e. The molecule has 0 unspecified atom stereocenters. The lowest BCUT2D eigenvalue weighted by molar-refractivity contribution is -0.127. The van der Waals surface area contributed by atoms with E-state index >= 15 is 0 Å². The van der Waals surface area contributed by atoms with Crippen molar-refractivity contribution in [3.8, 4) is 0 Å². The molecule has 0 aliphatic carbocycles. The smallest absolute Gasteiger partial charge is 0.285 e. The van der Waals surface area contributed by atoms with Crippen molar-refractivity contribution < 1.29 is 14.0 Å². The Morgan fingerprint density at radius 2 is 2.10 bits per heavy atom. The predicted octanol–water partition coefficient (Wildman–Crippen LogP) is 0.351. The van der Waals surface area contributed by atoms with E-state index in [2.05, 4.69) is 6.58 Å². The van der Waals surface area contributed by atoms with Gasteiger partial charge in [-0.3, -0.25) is 14.9 Å². The molecule has 5 heteroatoms. The van der Waals surface area contributed by atoms with E-state index < -0.39 is 17.6 Å². The zero-order valence-electron chi connectivity index (χ0n) is 4.99. The lowest BCUT2D eigenvalue weighted by Crippen LogP contribution is -2.31. The molecule has 0 bridgehead atoms. The lowest BCUT2D eigenvalue weighted by Gasteiger charge is -1.95. The summed E-state index contributed by atoms with van der Waals surface area (Å²) in [7, 11) is 0. The number of imide groups is 1. The number of nitrogens with one attached hydrogen (secondary N) is 1. The Morgan fingerprint density at radius 1 is 1.60 bits per heavy atom. The highest BCUT2D eigenvalue weighted by Crippen LogP contribution is 1.89. The van der Waals surface area contributed by atoms with Gasteiger partial charge in [-0.25, -0.2) is 4.39 Å². The molecule has 1 N–H and O–H groups in total. The maximum absolute atomic E-state index is 11.8. The van der Waals surface area contributed by atoms with Gasteiger partial charge in [0.05, 0.1) is 0 Å². The molecule has 10 heavy (non-hydrogen) atoms. The molecule has 2 amide bonds.